The molecule has 1 heterocycles. The lowest BCUT2D eigenvalue weighted by molar-refractivity contribution is 0.0750. The first-order valence-electron chi connectivity index (χ1n) is 6.07. The van der Waals surface area contributed by atoms with Gasteiger partial charge in [0.2, 0.25) is 0 Å². The van der Waals surface area contributed by atoms with Crippen LogP contribution >= 0.6 is 15.9 Å². The van der Waals surface area contributed by atoms with Gasteiger partial charge >= 0.3 is 0 Å². The number of amides is 1. The first-order chi connectivity index (χ1) is 8.11. The number of carbonyl (C=O) groups excluding carboxylic acids is 1. The molecule has 2 nitrogen and oxygen atoms in total. The van der Waals surface area contributed by atoms with Gasteiger partial charge in [0.1, 0.15) is 0 Å². The molecule has 0 aromatic heterocycles. The largest absolute Gasteiger partial charge is 0.335 e. The van der Waals surface area contributed by atoms with Crippen molar-refractivity contribution in [2.24, 2.45) is 0 Å². The van der Waals surface area contributed by atoms with Crippen LogP contribution in [0, 0.1) is 13.8 Å². The van der Waals surface area contributed by atoms with Gasteiger partial charge < -0.3 is 4.90 Å². The zero-order chi connectivity index (χ0) is 12.4. The minimum atomic E-state index is 0.179. The van der Waals surface area contributed by atoms with Crippen LogP contribution in [0.1, 0.15) is 34.3 Å². The topological polar surface area (TPSA) is 20.3 Å². The van der Waals surface area contributed by atoms with Crippen molar-refractivity contribution < 1.29 is 4.79 Å². The predicted molar refractivity (Wildman–Crippen MR) is 73.8 cm³/mol. The Morgan fingerprint density at radius 2 is 2.00 bits per heavy atom. The summed E-state index contributed by atoms with van der Waals surface area (Å²) in [4.78, 5) is 14.4. The minimum absolute atomic E-state index is 0.179. The number of halogens is 1. The molecule has 3 heteroatoms. The smallest absolute Gasteiger partial charge is 0.254 e. The fourth-order valence-electron chi connectivity index (χ4n) is 2.53. The maximum Gasteiger partial charge on any atom is 0.254 e. The van der Waals surface area contributed by atoms with Crippen molar-refractivity contribution in [3.63, 3.8) is 0 Å². The van der Waals surface area contributed by atoms with Crippen LogP contribution < -0.4 is 0 Å². The van der Waals surface area contributed by atoms with E-state index in [1.807, 2.05) is 30.9 Å². The van der Waals surface area contributed by atoms with Gasteiger partial charge in [0.05, 0.1) is 0 Å². The average Bonchev–Trinajstić information content (AvgIpc) is 2.74. The maximum absolute atomic E-state index is 12.4. The molecule has 17 heavy (non-hydrogen) atoms. The van der Waals surface area contributed by atoms with Crippen LogP contribution in [0.15, 0.2) is 18.2 Å². The molecule has 0 bridgehead atoms. The summed E-state index contributed by atoms with van der Waals surface area (Å²) in [5.74, 6) is 0.179. The fraction of sp³-hybridized carbons (Fsp3) is 0.500. The van der Waals surface area contributed by atoms with Crippen molar-refractivity contribution in [1.82, 2.24) is 4.90 Å². The van der Waals surface area contributed by atoms with Crippen LogP contribution in [-0.2, 0) is 0 Å². The summed E-state index contributed by atoms with van der Waals surface area (Å²) >= 11 is 3.49. The number of hydrogen-bond donors (Lipinski definition) is 0. The Hall–Kier alpha value is -0.830. The van der Waals surface area contributed by atoms with Crippen molar-refractivity contribution in [3.8, 4) is 0 Å². The highest BCUT2D eigenvalue weighted by atomic mass is 79.9. The normalized spacial score (nSPS) is 19.7. The number of nitrogens with zero attached hydrogens (tertiary/aromatic N) is 1. The highest BCUT2D eigenvalue weighted by molar-refractivity contribution is 9.09. The molecular formula is C14H18BrNO. The Balaban J connectivity index is 2.24. The van der Waals surface area contributed by atoms with Crippen molar-refractivity contribution in [2.45, 2.75) is 32.7 Å². The Kier molecular flexibility index (Phi) is 3.87. The molecule has 0 saturated carbocycles. The highest BCUT2D eigenvalue weighted by Crippen LogP contribution is 2.22. The summed E-state index contributed by atoms with van der Waals surface area (Å²) in [5, 5.41) is 0.879. The molecule has 1 unspecified atom stereocenters. The molecule has 1 amide bonds. The van der Waals surface area contributed by atoms with Gasteiger partial charge in [-0.25, -0.2) is 0 Å². The average molecular weight is 296 g/mol. The molecule has 92 valence electrons. The van der Waals surface area contributed by atoms with Gasteiger partial charge in [-0.15, -0.1) is 0 Å². The minimum Gasteiger partial charge on any atom is -0.335 e. The third kappa shape index (κ3) is 2.71. The molecular weight excluding hydrogens is 278 g/mol. The molecule has 0 radical (unpaired) electrons. The van der Waals surface area contributed by atoms with Gasteiger partial charge in [-0.05, 0) is 38.8 Å². The molecule has 1 aromatic rings. The molecule has 2 rings (SSSR count). The van der Waals surface area contributed by atoms with Crippen molar-refractivity contribution in [3.05, 3.63) is 34.9 Å². The van der Waals surface area contributed by atoms with Crippen LogP contribution in [0.3, 0.4) is 0 Å². The van der Waals surface area contributed by atoms with Gasteiger partial charge in [0, 0.05) is 23.5 Å². The number of benzene rings is 1. The van der Waals surface area contributed by atoms with E-state index < -0.39 is 0 Å². The zero-order valence-electron chi connectivity index (χ0n) is 10.4. The molecule has 1 fully saturated rings. The van der Waals surface area contributed by atoms with E-state index in [0.29, 0.717) is 6.04 Å². The number of alkyl halides is 1. The monoisotopic (exact) mass is 295 g/mol. The van der Waals surface area contributed by atoms with E-state index >= 15 is 0 Å². The van der Waals surface area contributed by atoms with Gasteiger partial charge in [0.25, 0.3) is 5.91 Å². The van der Waals surface area contributed by atoms with Crippen molar-refractivity contribution >= 4 is 21.8 Å². The highest BCUT2D eigenvalue weighted by Gasteiger charge is 2.28. The first kappa shape index (κ1) is 12.6. The lowest BCUT2D eigenvalue weighted by Gasteiger charge is -2.23. The number of hydrogen-bond acceptors (Lipinski definition) is 1. The molecule has 1 saturated heterocycles. The third-order valence-corrected chi connectivity index (χ3v) is 4.03. The number of aryl methyl sites for hydroxylation is 2. The summed E-state index contributed by atoms with van der Waals surface area (Å²) < 4.78 is 0. The van der Waals surface area contributed by atoms with E-state index in [-0.39, 0.29) is 5.91 Å². The van der Waals surface area contributed by atoms with E-state index in [9.17, 15) is 4.79 Å². The van der Waals surface area contributed by atoms with Crippen LogP contribution in [0.5, 0.6) is 0 Å². The summed E-state index contributed by atoms with van der Waals surface area (Å²) in [6.45, 7) is 4.97. The number of likely N-dealkylation sites (tertiary alicyclic amines) is 1. The lowest BCUT2D eigenvalue weighted by atomic mass is 10.1. The van der Waals surface area contributed by atoms with Gasteiger partial charge in [-0.1, -0.05) is 33.1 Å². The molecule has 0 N–H and O–H groups in total. The standard InChI is InChI=1S/C14H18BrNO/c1-10-6-11(2)8-12(7-10)14(17)16-5-3-4-13(16)9-15/h6-8,13H,3-5,9H2,1-2H3. The van der Waals surface area contributed by atoms with E-state index in [1.165, 1.54) is 0 Å². The number of carbonyl (C=O) groups is 1. The summed E-state index contributed by atoms with van der Waals surface area (Å²) in [7, 11) is 0. The van der Waals surface area contributed by atoms with Gasteiger partial charge in [-0.3, -0.25) is 4.79 Å². The van der Waals surface area contributed by atoms with Crippen LogP contribution in [0.4, 0.5) is 0 Å². The van der Waals surface area contributed by atoms with E-state index in [1.54, 1.807) is 0 Å². The van der Waals surface area contributed by atoms with Gasteiger partial charge in [0.15, 0.2) is 0 Å². The maximum atomic E-state index is 12.4. The molecule has 1 aliphatic rings. The summed E-state index contributed by atoms with van der Waals surface area (Å²) in [5.41, 5.74) is 3.14. The lowest BCUT2D eigenvalue weighted by Crippen LogP contribution is -2.36. The van der Waals surface area contributed by atoms with Crippen LogP contribution in [0.2, 0.25) is 0 Å². The van der Waals surface area contributed by atoms with E-state index in [4.69, 9.17) is 0 Å². The Morgan fingerprint density at radius 1 is 1.35 bits per heavy atom. The van der Waals surface area contributed by atoms with Crippen molar-refractivity contribution in [2.75, 3.05) is 11.9 Å². The molecule has 1 aromatic carbocycles. The SMILES string of the molecule is Cc1cc(C)cc(C(=O)N2CCCC2CBr)c1. The predicted octanol–water partition coefficient (Wildman–Crippen LogP) is 3.30. The fourth-order valence-corrected chi connectivity index (χ4v) is 3.20. The third-order valence-electron chi connectivity index (χ3n) is 3.28. The number of rotatable bonds is 2. The molecule has 1 aliphatic heterocycles. The quantitative estimate of drug-likeness (QED) is 0.767. The van der Waals surface area contributed by atoms with Crippen LogP contribution in [-0.4, -0.2) is 28.7 Å². The Bertz CT molecular complexity index is 410. The Morgan fingerprint density at radius 3 is 2.59 bits per heavy atom. The second-order valence-corrected chi connectivity index (χ2v) is 5.47. The van der Waals surface area contributed by atoms with E-state index in [0.717, 1.165) is 41.4 Å². The molecule has 0 spiro atoms. The van der Waals surface area contributed by atoms with Gasteiger partial charge in [-0.2, -0.15) is 0 Å². The first-order valence-corrected chi connectivity index (χ1v) is 7.19. The zero-order valence-corrected chi connectivity index (χ0v) is 12.0. The summed E-state index contributed by atoms with van der Waals surface area (Å²) in [6.07, 6.45) is 2.23. The molecule has 1 atom stereocenters. The molecule has 0 aliphatic carbocycles. The second-order valence-electron chi connectivity index (χ2n) is 4.83. The van der Waals surface area contributed by atoms with Crippen LogP contribution in [0.25, 0.3) is 0 Å². The second kappa shape index (κ2) is 5.21. The van der Waals surface area contributed by atoms with E-state index in [2.05, 4.69) is 22.0 Å². The Labute approximate surface area is 111 Å². The van der Waals surface area contributed by atoms with Crippen molar-refractivity contribution in [1.29, 1.82) is 0 Å². The summed E-state index contributed by atoms with van der Waals surface area (Å²) in [6, 6.07) is 6.43.